The van der Waals surface area contributed by atoms with Crippen LogP contribution in [0.15, 0.2) is 54.6 Å². The van der Waals surface area contributed by atoms with Gasteiger partial charge in [-0.25, -0.2) is 4.85 Å². The zero-order valence-electron chi connectivity index (χ0n) is 64.9. The molecular formula is C90H111N5. The smallest absolute Gasteiger partial charge is 0.187 e. The highest BCUT2D eigenvalue weighted by Crippen LogP contribution is 2.48. The van der Waals surface area contributed by atoms with Crippen LogP contribution in [0.25, 0.3) is 87.3 Å². The van der Waals surface area contributed by atoms with Gasteiger partial charge in [0.25, 0.3) is 0 Å². The van der Waals surface area contributed by atoms with Crippen LogP contribution in [0.2, 0.25) is 0 Å². The van der Waals surface area contributed by atoms with E-state index in [1.165, 1.54) is 227 Å². The summed E-state index contributed by atoms with van der Waals surface area (Å²) in [6, 6.07) is 21.3. The molecule has 0 aliphatic heterocycles. The Hall–Kier alpha value is -8.64. The van der Waals surface area contributed by atoms with Gasteiger partial charge in [-0.2, -0.15) is 5.26 Å². The van der Waals surface area contributed by atoms with Gasteiger partial charge in [0, 0.05) is 43.7 Å². The maximum Gasteiger partial charge on any atom is 0.187 e. The number of nitrogens with zero attached hydrogens (tertiary/aromatic N) is 5. The molecule has 5 heteroatoms. The Balaban J connectivity index is 0.000000193. The molecule has 3 heterocycles. The molecule has 0 amide bonds. The summed E-state index contributed by atoms with van der Waals surface area (Å²) in [6.07, 6.45) is 0. The van der Waals surface area contributed by atoms with Crippen molar-refractivity contribution in [3.63, 3.8) is 0 Å². The van der Waals surface area contributed by atoms with E-state index in [0.29, 0.717) is 11.3 Å². The van der Waals surface area contributed by atoms with E-state index in [1.807, 2.05) is 65.8 Å². The molecule has 0 N–H and O–H groups in total. The SMILES string of the molecule is CC.CC.CC.Cc1ccc(-n2c3c(C)c(C)c(C)c(C)c3c3c(C)c(C)c(C)c(C)c32)c(C)c1.Cc1ccc(C#N)cc1-n1c2c(C)c(C)c(C)c(C)c2c2c(C)c(C)c(C)c(C)c21.[C-]#[N+]c1ccc(-n2c3c(C)c(C)c(C)c(C)c3c3c(C)c(C)c(C)c(C)c32)c(C)c1. The van der Waals surface area contributed by atoms with Gasteiger partial charge in [0.05, 0.1) is 57.0 Å². The van der Waals surface area contributed by atoms with Gasteiger partial charge >= 0.3 is 0 Å². The van der Waals surface area contributed by atoms with Gasteiger partial charge in [-0.1, -0.05) is 77.4 Å². The fraction of sp³-hybridized carbons (Fsp3) is 0.378. The second kappa shape index (κ2) is 28.4. The highest BCUT2D eigenvalue weighted by molar-refractivity contribution is 6.18. The summed E-state index contributed by atoms with van der Waals surface area (Å²) in [4.78, 5) is 3.63. The number of hydrogen-bond donors (Lipinski definition) is 0. The maximum absolute atomic E-state index is 9.58. The topological polar surface area (TPSA) is 42.9 Å². The van der Waals surface area contributed by atoms with Gasteiger partial charge in [-0.05, 0) is 368 Å². The van der Waals surface area contributed by atoms with E-state index < -0.39 is 0 Å². The van der Waals surface area contributed by atoms with E-state index in [4.69, 9.17) is 6.57 Å². The lowest BCUT2D eigenvalue weighted by atomic mass is 9.90. The summed E-state index contributed by atoms with van der Waals surface area (Å²) in [6.45, 7) is 82.4. The number of aryl methyl sites for hydroxylation is 16. The molecule has 0 fully saturated rings. The summed E-state index contributed by atoms with van der Waals surface area (Å²) >= 11 is 0. The van der Waals surface area contributed by atoms with Crippen molar-refractivity contribution >= 4 is 71.1 Å². The van der Waals surface area contributed by atoms with Crippen molar-refractivity contribution < 1.29 is 0 Å². The summed E-state index contributed by atoms with van der Waals surface area (Å²) in [5, 5.41) is 17.9. The second-order valence-corrected chi connectivity index (χ2v) is 26.8. The first kappa shape index (κ1) is 73.8. The molecule has 95 heavy (non-hydrogen) atoms. The lowest BCUT2D eigenvalue weighted by molar-refractivity contribution is 1.11. The van der Waals surface area contributed by atoms with E-state index in [1.54, 1.807) is 0 Å². The Kier molecular flexibility index (Phi) is 22.0. The third-order valence-corrected chi connectivity index (χ3v) is 22.7. The normalized spacial score (nSPS) is 11.0. The minimum atomic E-state index is 0.692. The van der Waals surface area contributed by atoms with Gasteiger partial charge < -0.3 is 13.7 Å². The van der Waals surface area contributed by atoms with Crippen LogP contribution >= 0.6 is 0 Å². The average Bonchev–Trinajstić information content (AvgIpc) is 1.57. The van der Waals surface area contributed by atoms with Gasteiger partial charge in [-0.15, -0.1) is 0 Å². The van der Waals surface area contributed by atoms with Crippen molar-refractivity contribution in [1.29, 1.82) is 5.26 Å². The summed E-state index contributed by atoms with van der Waals surface area (Å²) in [5.41, 5.74) is 50.8. The molecule has 496 valence electrons. The van der Waals surface area contributed by atoms with E-state index in [9.17, 15) is 5.26 Å². The van der Waals surface area contributed by atoms with E-state index >= 15 is 0 Å². The fourth-order valence-corrected chi connectivity index (χ4v) is 15.3. The molecule has 0 atom stereocenters. The van der Waals surface area contributed by atoms with Crippen LogP contribution in [0.3, 0.4) is 0 Å². The van der Waals surface area contributed by atoms with Crippen molar-refractivity contribution in [1.82, 2.24) is 13.7 Å². The largest absolute Gasteiger partial charge is 0.309 e. The van der Waals surface area contributed by atoms with Crippen molar-refractivity contribution in [3.8, 4) is 23.1 Å². The molecule has 12 aromatic rings. The van der Waals surface area contributed by atoms with E-state index in [-0.39, 0.29) is 0 Å². The molecule has 0 bridgehead atoms. The first-order valence-electron chi connectivity index (χ1n) is 34.9. The number of hydrogen-bond acceptors (Lipinski definition) is 1. The van der Waals surface area contributed by atoms with Crippen molar-refractivity contribution in [3.05, 3.63) is 227 Å². The average molecular weight is 1260 g/mol. The lowest BCUT2D eigenvalue weighted by Crippen LogP contribution is -2.03. The zero-order valence-corrected chi connectivity index (χ0v) is 64.9. The first-order chi connectivity index (χ1) is 44.8. The highest BCUT2D eigenvalue weighted by atomic mass is 15.0. The Bertz CT molecular complexity index is 4980. The fourth-order valence-electron chi connectivity index (χ4n) is 15.3. The molecule has 0 unspecified atom stereocenters. The molecule has 0 aliphatic carbocycles. The first-order valence-corrected chi connectivity index (χ1v) is 34.9. The Morgan fingerprint density at radius 3 is 0.747 bits per heavy atom. The number of benzene rings is 9. The molecular weight excluding hydrogens is 1150 g/mol. The minimum Gasteiger partial charge on any atom is -0.309 e. The van der Waals surface area contributed by atoms with E-state index in [0.717, 1.165) is 11.3 Å². The van der Waals surface area contributed by atoms with Gasteiger partial charge in [-0.3, -0.25) is 0 Å². The monoisotopic (exact) mass is 1260 g/mol. The predicted octanol–water partition coefficient (Wildman–Crippen LogP) is 26.5. The minimum absolute atomic E-state index is 0.692. The van der Waals surface area contributed by atoms with Crippen LogP contribution in [-0.4, -0.2) is 13.7 Å². The molecule has 3 aromatic heterocycles. The molecule has 0 radical (unpaired) electrons. The Morgan fingerprint density at radius 1 is 0.263 bits per heavy atom. The highest BCUT2D eigenvalue weighted by Gasteiger charge is 2.28. The summed E-state index contributed by atoms with van der Waals surface area (Å²) in [5.74, 6) is 0. The Labute approximate surface area is 572 Å². The van der Waals surface area contributed by atoms with Crippen molar-refractivity contribution in [2.75, 3.05) is 0 Å². The van der Waals surface area contributed by atoms with Crippen molar-refractivity contribution in [2.24, 2.45) is 0 Å². The Morgan fingerprint density at radius 2 is 0.505 bits per heavy atom. The molecule has 0 aliphatic rings. The summed E-state index contributed by atoms with van der Waals surface area (Å²) in [7, 11) is 0. The number of fused-ring (bicyclic) bond motifs is 9. The predicted molar refractivity (Wildman–Crippen MR) is 420 cm³/mol. The zero-order chi connectivity index (χ0) is 71.5. The van der Waals surface area contributed by atoms with Crippen LogP contribution in [0, 0.1) is 212 Å². The van der Waals surface area contributed by atoms with E-state index in [2.05, 4.69) is 249 Å². The third-order valence-electron chi connectivity index (χ3n) is 22.7. The molecule has 0 saturated heterocycles. The molecule has 9 aromatic carbocycles. The maximum atomic E-state index is 9.58. The van der Waals surface area contributed by atoms with Crippen LogP contribution in [0.4, 0.5) is 5.69 Å². The van der Waals surface area contributed by atoms with Crippen LogP contribution in [0.5, 0.6) is 0 Å². The van der Waals surface area contributed by atoms with Crippen LogP contribution < -0.4 is 0 Å². The number of rotatable bonds is 3. The van der Waals surface area contributed by atoms with Gasteiger partial charge in [0.2, 0.25) is 0 Å². The van der Waals surface area contributed by atoms with Crippen LogP contribution in [-0.2, 0) is 0 Å². The number of nitriles is 1. The van der Waals surface area contributed by atoms with Gasteiger partial charge in [0.1, 0.15) is 0 Å². The van der Waals surface area contributed by atoms with Crippen molar-refractivity contribution in [2.45, 2.75) is 235 Å². The molecule has 0 spiro atoms. The molecule has 0 saturated carbocycles. The van der Waals surface area contributed by atoms with Gasteiger partial charge in [0.15, 0.2) is 5.69 Å². The quantitative estimate of drug-likeness (QED) is 0.163. The standard InChI is InChI=1S/2C28H30N2.C28H33N.3C2H6/c1-14-13-23(29-10)11-12-24(14)30-27-21(8)17(4)15(2)19(6)25(27)26-20(7)16(3)18(5)22(9)28(26)30;1-14-10-11-23(13-29)12-24(14)30-27-21(8)17(4)15(2)19(6)25(27)26-20(7)16(3)18(5)22(9)28(26)30;1-14-11-12-24(15(2)13-14)29-27-22(9)18(5)16(3)20(7)25(27)26-21(8)17(4)19(6)23(10)28(26)29;3*1-2/h11-13H,1-9H3;10-12H,1-9H3;11-13H,1-10H3;3*1-2H3. The number of aromatic nitrogens is 3. The lowest BCUT2D eigenvalue weighted by Gasteiger charge is -2.17. The second-order valence-electron chi connectivity index (χ2n) is 26.8. The third kappa shape index (κ3) is 11.6. The summed E-state index contributed by atoms with van der Waals surface area (Å²) < 4.78 is 7.46. The van der Waals surface area contributed by atoms with Crippen LogP contribution in [0.1, 0.15) is 203 Å². The molecule has 12 rings (SSSR count). The molecule has 5 nitrogen and oxygen atoms in total.